The van der Waals surface area contributed by atoms with Crippen molar-refractivity contribution in [3.05, 3.63) is 46.3 Å². The van der Waals surface area contributed by atoms with E-state index in [1.165, 1.54) is 18.5 Å². The van der Waals surface area contributed by atoms with E-state index in [9.17, 15) is 9.59 Å². The Morgan fingerprint density at radius 3 is 2.84 bits per heavy atom. The first-order chi connectivity index (χ1) is 9.06. The van der Waals surface area contributed by atoms with Gasteiger partial charge < -0.3 is 5.11 Å². The number of aliphatic carboxylic acids is 1. The van der Waals surface area contributed by atoms with E-state index in [1.807, 2.05) is 0 Å². The van der Waals surface area contributed by atoms with E-state index in [0.717, 1.165) is 10.4 Å². The molecule has 2 rings (SSSR count). The largest absolute Gasteiger partial charge is 0.481 e. The molecule has 0 radical (unpaired) electrons. The van der Waals surface area contributed by atoms with Gasteiger partial charge in [-0.2, -0.15) is 9.78 Å². The molecule has 98 valence electrons. The Balaban J connectivity index is 2.37. The average Bonchev–Trinajstić information content (AvgIpc) is 2.37. The SMILES string of the molecule is Cc1cc(-n2nc(CCC(=O)O)ccc2=O)ncn1. The van der Waals surface area contributed by atoms with Crippen LogP contribution in [-0.4, -0.2) is 30.8 Å². The van der Waals surface area contributed by atoms with Gasteiger partial charge in [-0.15, -0.1) is 0 Å². The average molecular weight is 260 g/mol. The second-order valence-electron chi connectivity index (χ2n) is 3.99. The highest BCUT2D eigenvalue weighted by Gasteiger charge is 2.06. The minimum Gasteiger partial charge on any atom is -0.481 e. The van der Waals surface area contributed by atoms with Gasteiger partial charge in [-0.05, 0) is 13.0 Å². The summed E-state index contributed by atoms with van der Waals surface area (Å²) in [5.41, 5.74) is 0.921. The van der Waals surface area contributed by atoms with E-state index in [4.69, 9.17) is 5.11 Å². The highest BCUT2D eigenvalue weighted by molar-refractivity contribution is 5.66. The van der Waals surface area contributed by atoms with Crippen LogP contribution in [0.15, 0.2) is 29.3 Å². The van der Waals surface area contributed by atoms with Crippen LogP contribution in [0.25, 0.3) is 5.82 Å². The third-order valence-corrected chi connectivity index (χ3v) is 2.46. The van der Waals surface area contributed by atoms with Crippen molar-refractivity contribution in [2.45, 2.75) is 19.8 Å². The lowest BCUT2D eigenvalue weighted by atomic mass is 10.2. The predicted molar refractivity (Wildman–Crippen MR) is 66.1 cm³/mol. The number of hydrogen-bond acceptors (Lipinski definition) is 5. The molecule has 1 N–H and O–H groups in total. The van der Waals surface area contributed by atoms with Crippen molar-refractivity contribution in [3.63, 3.8) is 0 Å². The molecule has 2 aromatic rings. The quantitative estimate of drug-likeness (QED) is 0.851. The summed E-state index contributed by atoms with van der Waals surface area (Å²) in [6, 6.07) is 4.51. The summed E-state index contributed by atoms with van der Waals surface area (Å²) in [5, 5.41) is 12.7. The van der Waals surface area contributed by atoms with Gasteiger partial charge >= 0.3 is 5.97 Å². The van der Waals surface area contributed by atoms with E-state index in [1.54, 1.807) is 13.0 Å². The van der Waals surface area contributed by atoms with Gasteiger partial charge in [0.2, 0.25) is 0 Å². The molecule has 0 saturated carbocycles. The first-order valence-electron chi connectivity index (χ1n) is 5.66. The third kappa shape index (κ3) is 3.21. The number of carboxylic acids is 1. The van der Waals surface area contributed by atoms with Crippen LogP contribution in [0.3, 0.4) is 0 Å². The van der Waals surface area contributed by atoms with Gasteiger partial charge in [-0.1, -0.05) is 0 Å². The summed E-state index contributed by atoms with van der Waals surface area (Å²) in [7, 11) is 0. The van der Waals surface area contributed by atoms with Crippen molar-refractivity contribution in [3.8, 4) is 5.82 Å². The Labute approximate surface area is 108 Å². The lowest BCUT2D eigenvalue weighted by molar-refractivity contribution is -0.136. The van der Waals surface area contributed by atoms with Crippen molar-refractivity contribution in [1.82, 2.24) is 19.7 Å². The molecule has 0 bridgehead atoms. The van der Waals surface area contributed by atoms with E-state index < -0.39 is 5.97 Å². The summed E-state index contributed by atoms with van der Waals surface area (Å²) < 4.78 is 1.14. The fraction of sp³-hybridized carbons (Fsp3) is 0.250. The van der Waals surface area contributed by atoms with Crippen LogP contribution in [0, 0.1) is 6.92 Å². The van der Waals surface area contributed by atoms with Crippen LogP contribution < -0.4 is 5.56 Å². The van der Waals surface area contributed by atoms with Gasteiger partial charge in [-0.3, -0.25) is 9.59 Å². The standard InChI is InChI=1S/C12H12N4O3/c1-8-6-10(14-7-13-8)16-11(17)4-2-9(15-16)3-5-12(18)19/h2,4,6-7H,3,5H2,1H3,(H,18,19). The molecule has 2 aromatic heterocycles. The van der Waals surface area contributed by atoms with E-state index in [2.05, 4.69) is 15.1 Å². The lowest BCUT2D eigenvalue weighted by Gasteiger charge is -2.05. The summed E-state index contributed by atoms with van der Waals surface area (Å²) in [6.45, 7) is 1.78. The molecule has 19 heavy (non-hydrogen) atoms. The van der Waals surface area contributed by atoms with Crippen LogP contribution in [-0.2, 0) is 11.2 Å². The maximum atomic E-state index is 11.7. The zero-order valence-electron chi connectivity index (χ0n) is 10.3. The number of aromatic nitrogens is 4. The van der Waals surface area contributed by atoms with Crippen molar-refractivity contribution in [2.24, 2.45) is 0 Å². The molecule has 0 aromatic carbocycles. The Kier molecular flexibility index (Phi) is 3.65. The Bertz CT molecular complexity index is 666. The summed E-state index contributed by atoms with van der Waals surface area (Å²) >= 11 is 0. The fourth-order valence-corrected chi connectivity index (χ4v) is 1.54. The van der Waals surface area contributed by atoms with Gasteiger partial charge in [0.15, 0.2) is 5.82 Å². The molecular formula is C12H12N4O3. The third-order valence-electron chi connectivity index (χ3n) is 2.46. The summed E-state index contributed by atoms with van der Waals surface area (Å²) in [4.78, 5) is 30.2. The first-order valence-corrected chi connectivity index (χ1v) is 5.66. The Morgan fingerprint density at radius 1 is 1.37 bits per heavy atom. The van der Waals surface area contributed by atoms with E-state index in [0.29, 0.717) is 11.5 Å². The Hall–Kier alpha value is -2.57. The minimum absolute atomic E-state index is 0.0337. The van der Waals surface area contributed by atoms with Crippen LogP contribution in [0.5, 0.6) is 0 Å². The molecule has 0 aliphatic carbocycles. The van der Waals surface area contributed by atoms with Gasteiger partial charge in [0.05, 0.1) is 12.1 Å². The molecule has 0 atom stereocenters. The monoisotopic (exact) mass is 260 g/mol. The van der Waals surface area contributed by atoms with Gasteiger partial charge in [-0.25, -0.2) is 9.97 Å². The molecule has 0 saturated heterocycles. The van der Waals surface area contributed by atoms with Gasteiger partial charge in [0.1, 0.15) is 6.33 Å². The molecule has 0 fully saturated rings. The maximum absolute atomic E-state index is 11.7. The van der Waals surface area contributed by atoms with E-state index in [-0.39, 0.29) is 18.4 Å². The molecule has 0 amide bonds. The summed E-state index contributed by atoms with van der Waals surface area (Å²) in [6.07, 6.45) is 1.58. The topological polar surface area (TPSA) is 98.0 Å². The number of aryl methyl sites for hydroxylation is 2. The molecule has 2 heterocycles. The minimum atomic E-state index is -0.905. The zero-order valence-corrected chi connectivity index (χ0v) is 10.3. The highest BCUT2D eigenvalue weighted by Crippen LogP contribution is 2.02. The number of nitrogens with zero attached hydrogens (tertiary/aromatic N) is 4. The number of hydrogen-bond donors (Lipinski definition) is 1. The van der Waals surface area contributed by atoms with Crippen LogP contribution in [0.1, 0.15) is 17.8 Å². The van der Waals surface area contributed by atoms with Crippen LogP contribution in [0.2, 0.25) is 0 Å². The zero-order chi connectivity index (χ0) is 13.8. The molecule has 7 heteroatoms. The molecule has 0 aliphatic heterocycles. The van der Waals surface area contributed by atoms with Crippen molar-refractivity contribution >= 4 is 5.97 Å². The van der Waals surface area contributed by atoms with Gasteiger partial charge in [0, 0.05) is 24.2 Å². The molecule has 0 unspecified atom stereocenters. The molecule has 7 nitrogen and oxygen atoms in total. The number of carboxylic acid groups (broad SMARTS) is 1. The van der Waals surface area contributed by atoms with Crippen LogP contribution >= 0.6 is 0 Å². The summed E-state index contributed by atoms with van der Waals surface area (Å²) in [5.74, 6) is -0.535. The number of carbonyl (C=O) groups is 1. The van der Waals surface area contributed by atoms with Crippen molar-refractivity contribution in [1.29, 1.82) is 0 Å². The van der Waals surface area contributed by atoms with E-state index >= 15 is 0 Å². The molecular weight excluding hydrogens is 248 g/mol. The Morgan fingerprint density at radius 2 is 2.16 bits per heavy atom. The second-order valence-corrected chi connectivity index (χ2v) is 3.99. The molecule has 0 aliphatic rings. The fourth-order valence-electron chi connectivity index (χ4n) is 1.54. The normalized spacial score (nSPS) is 10.4. The smallest absolute Gasteiger partial charge is 0.303 e. The first kappa shape index (κ1) is 12.9. The number of rotatable bonds is 4. The molecule has 0 spiro atoms. The van der Waals surface area contributed by atoms with Gasteiger partial charge in [0.25, 0.3) is 5.56 Å². The predicted octanol–water partition coefficient (Wildman–Crippen LogP) is 0.348. The second kappa shape index (κ2) is 5.38. The van der Waals surface area contributed by atoms with Crippen molar-refractivity contribution < 1.29 is 9.90 Å². The van der Waals surface area contributed by atoms with Crippen LogP contribution in [0.4, 0.5) is 0 Å². The van der Waals surface area contributed by atoms with Crippen molar-refractivity contribution in [2.75, 3.05) is 0 Å². The maximum Gasteiger partial charge on any atom is 0.303 e. The lowest BCUT2D eigenvalue weighted by Crippen LogP contribution is -2.22. The highest BCUT2D eigenvalue weighted by atomic mass is 16.4.